The molecule has 2 aliphatic heterocycles. The van der Waals surface area contributed by atoms with Gasteiger partial charge in [0.05, 0.1) is 5.56 Å². The summed E-state index contributed by atoms with van der Waals surface area (Å²) >= 11 is 6.28. The molecule has 0 atom stereocenters. The summed E-state index contributed by atoms with van der Waals surface area (Å²) in [4.78, 5) is 31.6. The van der Waals surface area contributed by atoms with Gasteiger partial charge in [0.2, 0.25) is 5.91 Å². The van der Waals surface area contributed by atoms with Crippen molar-refractivity contribution < 1.29 is 9.59 Å². The van der Waals surface area contributed by atoms with Gasteiger partial charge in [0.1, 0.15) is 0 Å². The van der Waals surface area contributed by atoms with Crippen LogP contribution in [-0.2, 0) is 17.9 Å². The minimum atomic E-state index is -0.0773. The van der Waals surface area contributed by atoms with Crippen LogP contribution < -0.4 is 5.32 Å². The maximum Gasteiger partial charge on any atom is 0.252 e. The highest BCUT2D eigenvalue weighted by Crippen LogP contribution is 2.34. The van der Waals surface area contributed by atoms with E-state index in [0.29, 0.717) is 17.1 Å². The normalized spacial score (nSPS) is 16.7. The molecule has 3 aromatic rings. The number of rotatable bonds is 3. The van der Waals surface area contributed by atoms with Crippen LogP contribution in [0.5, 0.6) is 0 Å². The standard InChI is InChI=1S/C23H23ClN4O2/c1-14(29)28-8-6-27(7-9-28)13-15-2-5-20-16(10-15)11-21(26-20)17-3-4-19(24)18-12-25-23(30)22(17)18/h2-5,10-11,26H,6-9,12-13H2,1H3,(H,25,30). The maximum absolute atomic E-state index is 12.4. The molecule has 2 amide bonds. The summed E-state index contributed by atoms with van der Waals surface area (Å²) in [7, 11) is 0. The maximum atomic E-state index is 12.4. The van der Waals surface area contributed by atoms with Crippen LogP contribution >= 0.6 is 11.6 Å². The summed E-state index contributed by atoms with van der Waals surface area (Å²) < 4.78 is 0. The van der Waals surface area contributed by atoms with Gasteiger partial charge in [0.25, 0.3) is 5.91 Å². The van der Waals surface area contributed by atoms with Crippen molar-refractivity contribution >= 4 is 34.3 Å². The van der Waals surface area contributed by atoms with Crippen LogP contribution in [-0.4, -0.2) is 52.8 Å². The van der Waals surface area contributed by atoms with E-state index in [9.17, 15) is 9.59 Å². The van der Waals surface area contributed by atoms with Crippen molar-refractivity contribution in [3.63, 3.8) is 0 Å². The van der Waals surface area contributed by atoms with Crippen LogP contribution in [0.4, 0.5) is 0 Å². The number of fused-ring (bicyclic) bond motifs is 2. The molecule has 0 aliphatic carbocycles. The minimum Gasteiger partial charge on any atom is -0.355 e. The molecule has 1 saturated heterocycles. The van der Waals surface area contributed by atoms with Crippen LogP contribution in [0.15, 0.2) is 36.4 Å². The lowest BCUT2D eigenvalue weighted by Crippen LogP contribution is -2.47. The highest BCUT2D eigenvalue weighted by molar-refractivity contribution is 6.32. The van der Waals surface area contributed by atoms with Crippen molar-refractivity contribution in [3.05, 3.63) is 58.1 Å². The lowest BCUT2D eigenvalue weighted by Gasteiger charge is -2.34. The summed E-state index contributed by atoms with van der Waals surface area (Å²) in [5, 5.41) is 4.61. The van der Waals surface area contributed by atoms with Gasteiger partial charge in [0.15, 0.2) is 0 Å². The molecule has 6 nitrogen and oxygen atoms in total. The van der Waals surface area contributed by atoms with Crippen LogP contribution in [0, 0.1) is 0 Å². The number of H-pyrrole nitrogens is 1. The first-order chi connectivity index (χ1) is 14.5. The van der Waals surface area contributed by atoms with Crippen molar-refractivity contribution in [2.24, 2.45) is 0 Å². The number of carbonyl (C=O) groups is 2. The SMILES string of the molecule is CC(=O)N1CCN(Cc2ccc3[nH]c(-c4ccc(Cl)c5c4C(=O)NC5)cc3c2)CC1. The Morgan fingerprint density at radius 1 is 1.10 bits per heavy atom. The predicted octanol–water partition coefficient (Wildman–Crippen LogP) is 3.40. The van der Waals surface area contributed by atoms with Crippen LogP contribution in [0.3, 0.4) is 0 Å². The number of aromatic nitrogens is 1. The van der Waals surface area contributed by atoms with E-state index in [1.807, 2.05) is 17.0 Å². The Morgan fingerprint density at radius 2 is 1.90 bits per heavy atom. The zero-order valence-electron chi connectivity index (χ0n) is 16.8. The number of piperazine rings is 1. The van der Waals surface area contributed by atoms with Crippen LogP contribution in [0.2, 0.25) is 5.02 Å². The van der Waals surface area contributed by atoms with Gasteiger partial charge < -0.3 is 15.2 Å². The van der Waals surface area contributed by atoms with Crippen molar-refractivity contribution in [2.75, 3.05) is 26.2 Å². The summed E-state index contributed by atoms with van der Waals surface area (Å²) in [5.41, 5.74) is 5.60. The first-order valence-corrected chi connectivity index (χ1v) is 10.6. The Bertz CT molecular complexity index is 1160. The third-order valence-electron chi connectivity index (χ3n) is 6.11. The molecule has 154 valence electrons. The Hall–Kier alpha value is -2.83. The van der Waals surface area contributed by atoms with Gasteiger partial charge >= 0.3 is 0 Å². The van der Waals surface area contributed by atoms with Crippen molar-refractivity contribution in [2.45, 2.75) is 20.0 Å². The largest absolute Gasteiger partial charge is 0.355 e. The zero-order valence-corrected chi connectivity index (χ0v) is 17.6. The molecule has 0 unspecified atom stereocenters. The minimum absolute atomic E-state index is 0.0773. The van der Waals surface area contributed by atoms with Gasteiger partial charge in [-0.3, -0.25) is 14.5 Å². The molecule has 0 radical (unpaired) electrons. The second-order valence-corrected chi connectivity index (χ2v) is 8.43. The Kier molecular flexibility index (Phi) is 4.76. The van der Waals surface area contributed by atoms with E-state index in [0.717, 1.165) is 60.4 Å². The molecule has 0 bridgehead atoms. The molecule has 2 aromatic carbocycles. The molecule has 7 heteroatoms. The van der Waals surface area contributed by atoms with E-state index >= 15 is 0 Å². The molecular weight excluding hydrogens is 400 g/mol. The predicted molar refractivity (Wildman–Crippen MR) is 117 cm³/mol. The smallest absolute Gasteiger partial charge is 0.252 e. The molecule has 2 N–H and O–H groups in total. The Balaban J connectivity index is 1.40. The van der Waals surface area contributed by atoms with Gasteiger partial charge in [-0.15, -0.1) is 0 Å². The average molecular weight is 423 g/mol. The Labute approximate surface area is 179 Å². The van der Waals surface area contributed by atoms with Crippen molar-refractivity contribution in [1.82, 2.24) is 20.1 Å². The van der Waals surface area contributed by atoms with Crippen molar-refractivity contribution in [1.29, 1.82) is 0 Å². The molecule has 1 fully saturated rings. The van der Waals surface area contributed by atoms with E-state index in [-0.39, 0.29) is 11.8 Å². The molecule has 1 aromatic heterocycles. The van der Waals surface area contributed by atoms with E-state index in [1.54, 1.807) is 6.92 Å². The number of carbonyl (C=O) groups excluding carboxylic acids is 2. The Morgan fingerprint density at radius 3 is 2.67 bits per heavy atom. The molecule has 3 heterocycles. The van der Waals surface area contributed by atoms with Crippen molar-refractivity contribution in [3.8, 4) is 11.3 Å². The fourth-order valence-corrected chi connectivity index (χ4v) is 4.67. The van der Waals surface area contributed by atoms with Gasteiger partial charge in [0, 0.05) is 78.9 Å². The number of hydrogen-bond acceptors (Lipinski definition) is 3. The number of aromatic amines is 1. The monoisotopic (exact) mass is 422 g/mol. The van der Waals surface area contributed by atoms with E-state index < -0.39 is 0 Å². The van der Waals surface area contributed by atoms with E-state index in [2.05, 4.69) is 39.5 Å². The number of amides is 2. The quantitative estimate of drug-likeness (QED) is 0.679. The number of nitrogens with one attached hydrogen (secondary N) is 2. The summed E-state index contributed by atoms with van der Waals surface area (Å²) in [6.07, 6.45) is 0. The number of halogens is 1. The molecule has 5 rings (SSSR count). The number of hydrogen-bond donors (Lipinski definition) is 2. The molecule has 2 aliphatic rings. The number of nitrogens with zero attached hydrogens (tertiary/aromatic N) is 2. The lowest BCUT2D eigenvalue weighted by atomic mass is 10.0. The zero-order chi connectivity index (χ0) is 20.8. The van der Waals surface area contributed by atoms with Gasteiger partial charge in [-0.25, -0.2) is 0 Å². The van der Waals surface area contributed by atoms with Crippen LogP contribution in [0.25, 0.3) is 22.2 Å². The lowest BCUT2D eigenvalue weighted by molar-refractivity contribution is -0.130. The third kappa shape index (κ3) is 3.36. The van der Waals surface area contributed by atoms with Gasteiger partial charge in [-0.1, -0.05) is 23.7 Å². The highest BCUT2D eigenvalue weighted by atomic mass is 35.5. The molecular formula is C23H23ClN4O2. The average Bonchev–Trinajstić information content (AvgIpc) is 3.33. The fourth-order valence-electron chi connectivity index (χ4n) is 4.44. The molecule has 0 saturated carbocycles. The number of benzene rings is 2. The summed E-state index contributed by atoms with van der Waals surface area (Å²) in [6, 6.07) is 12.3. The van der Waals surface area contributed by atoms with Gasteiger partial charge in [-0.05, 0) is 29.8 Å². The third-order valence-corrected chi connectivity index (χ3v) is 6.46. The van der Waals surface area contributed by atoms with E-state index in [1.165, 1.54) is 5.56 Å². The molecule has 0 spiro atoms. The topological polar surface area (TPSA) is 68.4 Å². The van der Waals surface area contributed by atoms with Gasteiger partial charge in [-0.2, -0.15) is 0 Å². The fraction of sp³-hybridized carbons (Fsp3) is 0.304. The van der Waals surface area contributed by atoms with E-state index in [4.69, 9.17) is 11.6 Å². The summed E-state index contributed by atoms with van der Waals surface area (Å²) in [5.74, 6) is 0.0739. The van der Waals surface area contributed by atoms with Crippen LogP contribution in [0.1, 0.15) is 28.4 Å². The first-order valence-electron chi connectivity index (χ1n) is 10.2. The highest BCUT2D eigenvalue weighted by Gasteiger charge is 2.26. The second-order valence-electron chi connectivity index (χ2n) is 8.02. The second kappa shape index (κ2) is 7.45. The first kappa shape index (κ1) is 19.2. The summed E-state index contributed by atoms with van der Waals surface area (Å²) in [6.45, 7) is 6.32. The molecule has 30 heavy (non-hydrogen) atoms.